The zero-order valence-electron chi connectivity index (χ0n) is 13.9. The lowest BCUT2D eigenvalue weighted by atomic mass is 10.2. The van der Waals surface area contributed by atoms with Crippen molar-refractivity contribution in [2.24, 2.45) is 5.73 Å². The van der Waals surface area contributed by atoms with Crippen LogP contribution in [0.15, 0.2) is 23.1 Å². The van der Waals surface area contributed by atoms with E-state index < -0.39 is 15.9 Å². The Morgan fingerprint density at radius 3 is 2.56 bits per heavy atom. The molecule has 0 aliphatic heterocycles. The summed E-state index contributed by atoms with van der Waals surface area (Å²) in [7, 11) is -2.30. The van der Waals surface area contributed by atoms with Gasteiger partial charge in [0.25, 0.3) is 5.91 Å². The minimum atomic E-state index is -3.63. The van der Waals surface area contributed by atoms with E-state index in [-0.39, 0.29) is 21.6 Å². The number of nitrogens with two attached hydrogens (primary N) is 1. The summed E-state index contributed by atoms with van der Waals surface area (Å²) >= 11 is 6.05. The number of halogens is 1. The van der Waals surface area contributed by atoms with Gasteiger partial charge in [0.1, 0.15) is 0 Å². The van der Waals surface area contributed by atoms with E-state index in [4.69, 9.17) is 17.3 Å². The summed E-state index contributed by atoms with van der Waals surface area (Å²) < 4.78 is 26.4. The molecule has 1 heterocycles. The largest absolute Gasteiger partial charge is 0.364 e. The molecule has 1 amide bonds. The molecule has 0 bridgehead atoms. The average molecular weight is 384 g/mol. The minimum absolute atomic E-state index is 0.0614. The van der Waals surface area contributed by atoms with E-state index in [2.05, 4.69) is 20.0 Å². The van der Waals surface area contributed by atoms with Crippen molar-refractivity contribution < 1.29 is 13.2 Å². The molecule has 0 radical (unpaired) electrons. The second kappa shape index (κ2) is 7.34. The molecular weight excluding hydrogens is 366 g/mol. The van der Waals surface area contributed by atoms with Gasteiger partial charge in [0, 0.05) is 5.69 Å². The summed E-state index contributed by atoms with van der Waals surface area (Å²) in [5, 5.41) is 3.00. The first-order chi connectivity index (χ1) is 11.7. The molecule has 0 fully saturated rings. The van der Waals surface area contributed by atoms with Crippen LogP contribution in [0.2, 0.25) is 5.15 Å². The molecule has 8 nitrogen and oxygen atoms in total. The number of amides is 1. The molecule has 0 aliphatic carbocycles. The van der Waals surface area contributed by atoms with Gasteiger partial charge in [-0.3, -0.25) is 4.79 Å². The fraction of sp³-hybridized carbons (Fsp3) is 0.267. The maximum absolute atomic E-state index is 12.1. The monoisotopic (exact) mass is 383 g/mol. The minimum Gasteiger partial charge on any atom is -0.364 e. The van der Waals surface area contributed by atoms with Crippen LogP contribution in [0.3, 0.4) is 0 Å². The lowest BCUT2D eigenvalue weighted by Gasteiger charge is -2.13. The number of hydrogen-bond acceptors (Lipinski definition) is 6. The van der Waals surface area contributed by atoms with Crippen molar-refractivity contribution in [3.63, 3.8) is 0 Å². The Bertz CT molecular complexity index is 931. The molecule has 2 aromatic rings. The quantitative estimate of drug-likeness (QED) is 0.697. The van der Waals surface area contributed by atoms with Gasteiger partial charge >= 0.3 is 0 Å². The summed E-state index contributed by atoms with van der Waals surface area (Å²) in [6.07, 6.45) is 0.488. The third kappa shape index (κ3) is 4.06. The smallest absolute Gasteiger partial charge is 0.271 e. The fourth-order valence-electron chi connectivity index (χ4n) is 2.15. The number of nitrogens with one attached hydrogen (secondary N) is 2. The Labute approximate surface area is 150 Å². The van der Waals surface area contributed by atoms with Gasteiger partial charge in [-0.2, -0.15) is 0 Å². The molecule has 10 heteroatoms. The molecular formula is C15H18ClN5O3S. The summed E-state index contributed by atoms with van der Waals surface area (Å²) in [5.74, 6) is -0.706. The van der Waals surface area contributed by atoms with Gasteiger partial charge in [0.2, 0.25) is 10.0 Å². The molecule has 25 heavy (non-hydrogen) atoms. The maximum Gasteiger partial charge on any atom is 0.271 e. The number of carbonyl (C=O) groups is 1. The first kappa shape index (κ1) is 19.1. The van der Waals surface area contributed by atoms with Crippen molar-refractivity contribution in [1.82, 2.24) is 14.7 Å². The third-order valence-corrected chi connectivity index (χ3v) is 5.36. The highest BCUT2D eigenvalue weighted by molar-refractivity contribution is 7.89. The van der Waals surface area contributed by atoms with Crippen molar-refractivity contribution >= 4 is 39.0 Å². The number of primary amides is 1. The molecule has 0 aliphatic rings. The van der Waals surface area contributed by atoms with Gasteiger partial charge in [0.05, 0.1) is 10.6 Å². The number of aryl methyl sites for hydroxylation is 2. The average Bonchev–Trinajstić information content (AvgIpc) is 2.56. The molecule has 1 aromatic heterocycles. The predicted octanol–water partition coefficient (Wildman–Crippen LogP) is 1.75. The third-order valence-electron chi connectivity index (χ3n) is 3.50. The van der Waals surface area contributed by atoms with Crippen molar-refractivity contribution in [3.05, 3.63) is 40.3 Å². The summed E-state index contributed by atoms with van der Waals surface area (Å²) in [5.41, 5.74) is 6.70. The lowest BCUT2D eigenvalue weighted by molar-refractivity contribution is 0.0996. The highest BCUT2D eigenvalue weighted by Crippen LogP contribution is 2.25. The number of aromatic nitrogens is 2. The highest BCUT2D eigenvalue weighted by atomic mass is 35.5. The molecule has 0 spiro atoms. The van der Waals surface area contributed by atoms with Gasteiger partial charge in [-0.1, -0.05) is 24.6 Å². The van der Waals surface area contributed by atoms with Gasteiger partial charge in [0.15, 0.2) is 16.7 Å². The Hall–Kier alpha value is -2.23. The van der Waals surface area contributed by atoms with Crippen LogP contribution in [0, 0.1) is 6.92 Å². The molecule has 0 saturated heterocycles. The number of anilines is 2. The second-order valence-corrected chi connectivity index (χ2v) is 7.40. The van der Waals surface area contributed by atoms with Crippen molar-refractivity contribution in [3.8, 4) is 0 Å². The molecule has 134 valence electrons. The van der Waals surface area contributed by atoms with Crippen LogP contribution in [-0.4, -0.2) is 31.3 Å². The zero-order valence-corrected chi connectivity index (χ0v) is 15.5. The van der Waals surface area contributed by atoms with E-state index in [0.717, 1.165) is 0 Å². The number of carbonyl (C=O) groups excluding carboxylic acids is 1. The van der Waals surface area contributed by atoms with Crippen LogP contribution >= 0.6 is 11.6 Å². The highest BCUT2D eigenvalue weighted by Gasteiger charge is 2.18. The van der Waals surface area contributed by atoms with Crippen molar-refractivity contribution in [2.75, 3.05) is 12.4 Å². The summed E-state index contributed by atoms with van der Waals surface area (Å²) in [6.45, 7) is 3.50. The number of sulfonamides is 1. The Balaban J connectivity index is 2.52. The topological polar surface area (TPSA) is 127 Å². The van der Waals surface area contributed by atoms with Gasteiger partial charge in [-0.05, 0) is 38.1 Å². The van der Waals surface area contributed by atoms with E-state index in [9.17, 15) is 13.2 Å². The molecule has 0 atom stereocenters. The maximum atomic E-state index is 12.1. The lowest BCUT2D eigenvalue weighted by Crippen LogP contribution is -2.20. The van der Waals surface area contributed by atoms with E-state index in [1.807, 2.05) is 6.92 Å². The SMILES string of the molecule is CCc1nc(C(N)=O)c(Nc2ccc(C)c(S(=O)(=O)NC)c2)nc1Cl. The van der Waals surface area contributed by atoms with Crippen molar-refractivity contribution in [1.29, 1.82) is 0 Å². The Morgan fingerprint density at radius 2 is 2.00 bits per heavy atom. The second-order valence-electron chi connectivity index (χ2n) is 5.19. The van der Waals surface area contributed by atoms with Crippen LogP contribution in [-0.2, 0) is 16.4 Å². The predicted molar refractivity (Wildman–Crippen MR) is 95.6 cm³/mol. The Morgan fingerprint density at radius 1 is 1.32 bits per heavy atom. The van der Waals surface area contributed by atoms with Crippen LogP contribution in [0.25, 0.3) is 0 Å². The van der Waals surface area contributed by atoms with Crippen molar-refractivity contribution in [2.45, 2.75) is 25.2 Å². The summed E-state index contributed by atoms with van der Waals surface area (Å²) in [4.78, 5) is 20.0. The number of rotatable bonds is 6. The Kier molecular flexibility index (Phi) is 5.61. The summed E-state index contributed by atoms with van der Waals surface area (Å²) in [6, 6.07) is 4.71. The zero-order chi connectivity index (χ0) is 18.8. The fourth-order valence-corrected chi connectivity index (χ4v) is 3.40. The normalized spacial score (nSPS) is 11.4. The number of hydrogen-bond donors (Lipinski definition) is 3. The van der Waals surface area contributed by atoms with Gasteiger partial charge in [-0.25, -0.2) is 23.1 Å². The number of benzene rings is 1. The molecule has 1 aromatic carbocycles. The van der Waals surface area contributed by atoms with E-state index in [0.29, 0.717) is 23.4 Å². The first-order valence-electron chi connectivity index (χ1n) is 7.37. The van der Waals surface area contributed by atoms with Crippen LogP contribution < -0.4 is 15.8 Å². The van der Waals surface area contributed by atoms with Crippen LogP contribution in [0.4, 0.5) is 11.5 Å². The molecule has 0 unspecified atom stereocenters. The van der Waals surface area contributed by atoms with Crippen LogP contribution in [0.5, 0.6) is 0 Å². The van der Waals surface area contributed by atoms with E-state index in [1.165, 1.54) is 13.1 Å². The van der Waals surface area contributed by atoms with Gasteiger partial charge in [-0.15, -0.1) is 0 Å². The molecule has 4 N–H and O–H groups in total. The van der Waals surface area contributed by atoms with Crippen LogP contribution in [0.1, 0.15) is 28.7 Å². The number of nitrogens with zero attached hydrogens (tertiary/aromatic N) is 2. The van der Waals surface area contributed by atoms with E-state index in [1.54, 1.807) is 19.1 Å². The van der Waals surface area contributed by atoms with E-state index >= 15 is 0 Å². The molecule has 2 rings (SSSR count). The standard InChI is InChI=1S/C15H18ClN5O3S/c1-4-10-13(16)21-15(12(20-10)14(17)22)19-9-6-5-8(2)11(7-9)25(23,24)18-3/h5-7,18H,4H2,1-3H3,(H2,17,22)(H,19,21). The molecule has 0 saturated carbocycles. The van der Waals surface area contributed by atoms with Gasteiger partial charge < -0.3 is 11.1 Å². The first-order valence-corrected chi connectivity index (χ1v) is 9.23.